The summed E-state index contributed by atoms with van der Waals surface area (Å²) in [5, 5.41) is 2.94. The molecule has 0 unspecified atom stereocenters. The molecule has 0 aliphatic heterocycles. The van der Waals surface area contributed by atoms with Gasteiger partial charge in [-0.2, -0.15) is 0 Å². The van der Waals surface area contributed by atoms with Gasteiger partial charge in [-0.1, -0.05) is 22.9 Å². The summed E-state index contributed by atoms with van der Waals surface area (Å²) in [4.78, 5) is 11.8. The van der Waals surface area contributed by atoms with Crippen LogP contribution in [0.2, 0.25) is 0 Å². The molecule has 0 aliphatic rings. The summed E-state index contributed by atoms with van der Waals surface area (Å²) in [6, 6.07) is 3.85. The fourth-order valence-electron chi connectivity index (χ4n) is 1.64. The van der Waals surface area contributed by atoms with Crippen LogP contribution in [0.3, 0.4) is 0 Å². The van der Waals surface area contributed by atoms with Crippen LogP contribution in [0.25, 0.3) is 0 Å². The second kappa shape index (κ2) is 6.42. The van der Waals surface area contributed by atoms with Gasteiger partial charge in [-0.05, 0) is 57.4 Å². The lowest BCUT2D eigenvalue weighted by molar-refractivity contribution is -0.124. The Labute approximate surface area is 123 Å². The molecule has 1 N–H and O–H groups in total. The first-order valence-corrected chi connectivity index (χ1v) is 7.25. The summed E-state index contributed by atoms with van der Waals surface area (Å²) in [7, 11) is 0. The first kappa shape index (κ1) is 16.0. The van der Waals surface area contributed by atoms with E-state index in [0.717, 1.165) is 27.8 Å². The van der Waals surface area contributed by atoms with Gasteiger partial charge in [0.2, 0.25) is 0 Å². The van der Waals surface area contributed by atoms with Gasteiger partial charge in [0, 0.05) is 10.0 Å². The molecule has 1 rings (SSSR count). The predicted molar refractivity (Wildman–Crippen MR) is 81.6 cm³/mol. The van der Waals surface area contributed by atoms with Crippen LogP contribution in [-0.4, -0.2) is 18.1 Å². The molecule has 3 nitrogen and oxygen atoms in total. The third-order valence-corrected chi connectivity index (χ3v) is 4.39. The van der Waals surface area contributed by atoms with Crippen LogP contribution < -0.4 is 10.1 Å². The van der Waals surface area contributed by atoms with E-state index >= 15 is 0 Å². The van der Waals surface area contributed by atoms with Gasteiger partial charge in [-0.15, -0.1) is 0 Å². The zero-order valence-corrected chi connectivity index (χ0v) is 13.8. The molecule has 1 aromatic carbocycles. The second-order valence-electron chi connectivity index (χ2n) is 5.45. The molecule has 4 heteroatoms. The van der Waals surface area contributed by atoms with E-state index in [-0.39, 0.29) is 18.1 Å². The van der Waals surface area contributed by atoms with E-state index in [9.17, 15) is 4.79 Å². The van der Waals surface area contributed by atoms with Gasteiger partial charge in [0.1, 0.15) is 5.75 Å². The number of aryl methyl sites for hydroxylation is 2. The van der Waals surface area contributed by atoms with E-state index in [4.69, 9.17) is 4.74 Å². The number of halogens is 1. The van der Waals surface area contributed by atoms with E-state index in [1.54, 1.807) is 0 Å². The standard InChI is InChI=1S/C15H22BrNO2/c1-6-15(4,5)17-13(18)9-19-12-7-10(2)14(16)11(3)8-12/h7-8H,6,9H2,1-5H3,(H,17,18). The Hall–Kier alpha value is -1.03. The molecule has 106 valence electrons. The molecule has 0 aliphatic carbocycles. The second-order valence-corrected chi connectivity index (χ2v) is 6.24. The summed E-state index contributed by atoms with van der Waals surface area (Å²) < 4.78 is 6.62. The SMILES string of the molecule is CCC(C)(C)NC(=O)COc1cc(C)c(Br)c(C)c1. The summed E-state index contributed by atoms with van der Waals surface area (Å²) in [6.45, 7) is 10.1. The number of ether oxygens (including phenoxy) is 1. The first-order valence-electron chi connectivity index (χ1n) is 6.45. The minimum absolute atomic E-state index is 0.0456. The average Bonchev–Trinajstić information content (AvgIpc) is 2.32. The zero-order chi connectivity index (χ0) is 14.6. The highest BCUT2D eigenvalue weighted by atomic mass is 79.9. The minimum Gasteiger partial charge on any atom is -0.484 e. The van der Waals surface area contributed by atoms with Crippen LogP contribution in [-0.2, 0) is 4.79 Å². The van der Waals surface area contributed by atoms with Gasteiger partial charge in [0.25, 0.3) is 5.91 Å². The minimum atomic E-state index is -0.188. The number of hydrogen-bond acceptors (Lipinski definition) is 2. The largest absolute Gasteiger partial charge is 0.484 e. The lowest BCUT2D eigenvalue weighted by atomic mass is 10.0. The number of carbonyl (C=O) groups is 1. The zero-order valence-electron chi connectivity index (χ0n) is 12.3. The summed E-state index contributed by atoms with van der Waals surface area (Å²) in [5.74, 6) is 0.632. The maximum absolute atomic E-state index is 11.8. The van der Waals surface area contributed by atoms with Gasteiger partial charge in [0.15, 0.2) is 6.61 Å². The van der Waals surface area contributed by atoms with Crippen molar-refractivity contribution in [1.82, 2.24) is 5.32 Å². The third kappa shape index (κ3) is 4.86. The molecule has 0 atom stereocenters. The highest BCUT2D eigenvalue weighted by molar-refractivity contribution is 9.10. The number of carbonyl (C=O) groups excluding carboxylic acids is 1. The molecule has 0 fully saturated rings. The number of amides is 1. The fraction of sp³-hybridized carbons (Fsp3) is 0.533. The Kier molecular flexibility index (Phi) is 5.41. The van der Waals surface area contributed by atoms with Gasteiger partial charge in [-0.3, -0.25) is 4.79 Å². The first-order chi connectivity index (χ1) is 8.75. The Bertz CT molecular complexity index is 446. The normalized spacial score (nSPS) is 11.3. The van der Waals surface area contributed by atoms with E-state index in [1.165, 1.54) is 0 Å². The van der Waals surface area contributed by atoms with Crippen LogP contribution in [0.15, 0.2) is 16.6 Å². The van der Waals surface area contributed by atoms with Crippen LogP contribution in [0.5, 0.6) is 5.75 Å². The number of nitrogens with one attached hydrogen (secondary N) is 1. The quantitative estimate of drug-likeness (QED) is 0.894. The van der Waals surface area contributed by atoms with Crippen molar-refractivity contribution in [2.45, 2.75) is 46.6 Å². The highest BCUT2D eigenvalue weighted by Crippen LogP contribution is 2.26. The molecule has 0 aromatic heterocycles. The van der Waals surface area contributed by atoms with Crippen LogP contribution >= 0.6 is 15.9 Å². The molecular weight excluding hydrogens is 306 g/mol. The Morgan fingerprint density at radius 2 is 1.84 bits per heavy atom. The van der Waals surface area contributed by atoms with Crippen molar-refractivity contribution in [1.29, 1.82) is 0 Å². The summed E-state index contributed by atoms with van der Waals surface area (Å²) >= 11 is 3.51. The Morgan fingerprint density at radius 1 is 1.32 bits per heavy atom. The van der Waals surface area contributed by atoms with Crippen molar-refractivity contribution in [3.8, 4) is 5.75 Å². The van der Waals surface area contributed by atoms with Crippen LogP contribution in [0, 0.1) is 13.8 Å². The lowest BCUT2D eigenvalue weighted by Crippen LogP contribution is -2.44. The van der Waals surface area contributed by atoms with E-state index in [0.29, 0.717) is 0 Å². The predicted octanol–water partition coefficient (Wildman–Crippen LogP) is 3.75. The monoisotopic (exact) mass is 327 g/mol. The van der Waals surface area contributed by atoms with E-state index < -0.39 is 0 Å². The summed E-state index contributed by atoms with van der Waals surface area (Å²) in [5.41, 5.74) is 2.01. The maximum Gasteiger partial charge on any atom is 0.258 e. The van der Waals surface area contributed by atoms with Gasteiger partial charge >= 0.3 is 0 Å². The van der Waals surface area contributed by atoms with Crippen molar-refractivity contribution in [2.24, 2.45) is 0 Å². The van der Waals surface area contributed by atoms with Crippen molar-refractivity contribution < 1.29 is 9.53 Å². The van der Waals surface area contributed by atoms with Crippen molar-refractivity contribution in [3.05, 3.63) is 27.7 Å². The molecule has 1 amide bonds. The molecule has 0 spiro atoms. The van der Waals surface area contributed by atoms with Crippen LogP contribution in [0.4, 0.5) is 0 Å². The Morgan fingerprint density at radius 3 is 2.32 bits per heavy atom. The molecule has 0 bridgehead atoms. The smallest absolute Gasteiger partial charge is 0.258 e. The average molecular weight is 328 g/mol. The van der Waals surface area contributed by atoms with E-state index in [2.05, 4.69) is 21.2 Å². The molecule has 0 saturated carbocycles. The third-order valence-electron chi connectivity index (χ3n) is 3.14. The molecule has 19 heavy (non-hydrogen) atoms. The highest BCUT2D eigenvalue weighted by Gasteiger charge is 2.18. The van der Waals surface area contributed by atoms with Crippen molar-refractivity contribution in [3.63, 3.8) is 0 Å². The molecular formula is C15H22BrNO2. The fourth-order valence-corrected chi connectivity index (χ4v) is 1.87. The topological polar surface area (TPSA) is 38.3 Å². The molecule has 0 saturated heterocycles. The van der Waals surface area contributed by atoms with Gasteiger partial charge in [-0.25, -0.2) is 0 Å². The Balaban J connectivity index is 2.60. The van der Waals surface area contributed by atoms with E-state index in [1.807, 2.05) is 46.8 Å². The lowest BCUT2D eigenvalue weighted by Gasteiger charge is -2.24. The van der Waals surface area contributed by atoms with Gasteiger partial charge in [0.05, 0.1) is 0 Å². The maximum atomic E-state index is 11.8. The molecule has 1 aromatic rings. The number of benzene rings is 1. The summed E-state index contributed by atoms with van der Waals surface area (Å²) in [6.07, 6.45) is 0.884. The van der Waals surface area contributed by atoms with Crippen molar-refractivity contribution in [2.75, 3.05) is 6.61 Å². The van der Waals surface area contributed by atoms with Crippen LogP contribution in [0.1, 0.15) is 38.3 Å². The van der Waals surface area contributed by atoms with Crippen molar-refractivity contribution >= 4 is 21.8 Å². The molecule has 0 radical (unpaired) electrons. The molecule has 0 heterocycles. The number of hydrogen-bond donors (Lipinski definition) is 1. The number of rotatable bonds is 5. The van der Waals surface area contributed by atoms with Gasteiger partial charge < -0.3 is 10.1 Å².